The van der Waals surface area contributed by atoms with Crippen LogP contribution in [0.1, 0.15) is 30.6 Å². The molecule has 1 amide bonds. The molecule has 5 rings (SSSR count). The number of β-lactam (4-membered cyclic amide) rings is 1. The number of hydrogen-bond acceptors (Lipinski definition) is 11. The predicted octanol–water partition coefficient (Wildman–Crippen LogP) is 3.73. The molecule has 3 heterocycles. The number of thioether (sulfide) groups is 2. The second-order valence-corrected chi connectivity index (χ2v) is 11.1. The molecule has 3 aliphatic rings. The number of amidine groups is 1. The maximum atomic E-state index is 13.9. The van der Waals surface area contributed by atoms with E-state index in [1.807, 2.05) is 80.7 Å². The van der Waals surface area contributed by atoms with Crippen LogP contribution in [0.3, 0.4) is 0 Å². The van der Waals surface area contributed by atoms with Crippen LogP contribution in [0.15, 0.2) is 88.2 Å². The van der Waals surface area contributed by atoms with E-state index in [-0.39, 0.29) is 17.0 Å². The molecule has 0 saturated carbocycles. The number of nitrogens with zero attached hydrogens (tertiary/aromatic N) is 5. The average Bonchev–Trinajstić information content (AvgIpc) is 3.34. The first-order valence-electron chi connectivity index (χ1n) is 12.8. The summed E-state index contributed by atoms with van der Waals surface area (Å²) in [5, 5.41) is 12.1. The highest BCUT2D eigenvalue weighted by molar-refractivity contribution is 8.14. The van der Waals surface area contributed by atoms with Crippen LogP contribution >= 0.6 is 23.5 Å². The van der Waals surface area contributed by atoms with E-state index >= 15 is 0 Å². The van der Waals surface area contributed by atoms with E-state index in [0.29, 0.717) is 16.7 Å². The Kier molecular flexibility index (Phi) is 8.81. The number of nitrogens with one attached hydrogen (secondary N) is 1. The summed E-state index contributed by atoms with van der Waals surface area (Å²) in [6, 6.07) is 19.2. The third-order valence-corrected chi connectivity index (χ3v) is 8.92. The number of allylic oxidation sites excluding steroid dienone is 1. The molecule has 2 atom stereocenters. The molecule has 1 N–H and O–H groups in total. The largest absolute Gasteiger partial charge is 0.448 e. The number of amides is 1. The van der Waals surface area contributed by atoms with Crippen molar-refractivity contribution in [2.45, 2.75) is 30.9 Å². The SMILES string of the molecule is CCC=C=NN1NN=C(SCC2=C(C(=O)OC(c3ccccc3)c3ccccc3)N3C(=O)[C@@H](OC)[C@@H]3SC2)N1C. The Morgan fingerprint density at radius 1 is 1.23 bits per heavy atom. The third-order valence-electron chi connectivity index (χ3n) is 6.49. The van der Waals surface area contributed by atoms with Crippen molar-refractivity contribution >= 4 is 46.4 Å². The smallest absolute Gasteiger partial charge is 0.356 e. The number of hydrazine groups is 2. The Morgan fingerprint density at radius 2 is 1.90 bits per heavy atom. The van der Waals surface area contributed by atoms with Crippen molar-refractivity contribution in [3.8, 4) is 0 Å². The maximum Gasteiger partial charge on any atom is 0.356 e. The molecule has 0 radical (unpaired) electrons. The Hall–Kier alpha value is -3.70. The molecule has 1 saturated heterocycles. The van der Waals surface area contributed by atoms with Crippen molar-refractivity contribution in [1.29, 1.82) is 0 Å². The van der Waals surface area contributed by atoms with E-state index in [0.717, 1.165) is 23.1 Å². The molecule has 40 heavy (non-hydrogen) atoms. The zero-order valence-corrected chi connectivity index (χ0v) is 24.0. The zero-order valence-electron chi connectivity index (χ0n) is 22.4. The van der Waals surface area contributed by atoms with Crippen molar-refractivity contribution in [1.82, 2.24) is 20.7 Å². The minimum atomic E-state index is -0.629. The molecule has 1 fully saturated rings. The second kappa shape index (κ2) is 12.6. The van der Waals surface area contributed by atoms with Gasteiger partial charge in [0.2, 0.25) is 5.17 Å². The molecule has 3 aliphatic heterocycles. The van der Waals surface area contributed by atoms with Gasteiger partial charge in [-0.3, -0.25) is 9.69 Å². The summed E-state index contributed by atoms with van der Waals surface area (Å²) in [7, 11) is 3.34. The number of hydrogen-bond donors (Lipinski definition) is 1. The minimum Gasteiger partial charge on any atom is -0.448 e. The normalized spacial score (nSPS) is 19.9. The van der Waals surface area contributed by atoms with Gasteiger partial charge < -0.3 is 9.47 Å². The first kappa shape index (κ1) is 27.9. The molecule has 2 aromatic rings. The molecule has 0 aliphatic carbocycles. The second-order valence-electron chi connectivity index (χ2n) is 9.06. The highest BCUT2D eigenvalue weighted by atomic mass is 32.2. The van der Waals surface area contributed by atoms with Crippen molar-refractivity contribution in [3.63, 3.8) is 0 Å². The van der Waals surface area contributed by atoms with Gasteiger partial charge in [-0.15, -0.1) is 16.9 Å². The van der Waals surface area contributed by atoms with Gasteiger partial charge in [0, 0.05) is 31.5 Å². The van der Waals surface area contributed by atoms with Gasteiger partial charge in [0.15, 0.2) is 12.2 Å². The summed E-state index contributed by atoms with van der Waals surface area (Å²) >= 11 is 3.01. The van der Waals surface area contributed by atoms with Gasteiger partial charge in [0.25, 0.3) is 5.91 Å². The number of rotatable bonds is 9. The summed E-state index contributed by atoms with van der Waals surface area (Å²) in [5.74, 6) is 3.04. The summed E-state index contributed by atoms with van der Waals surface area (Å²) in [6.07, 6.45) is 1.42. The topological polar surface area (TPSA) is 99.1 Å². The quantitative estimate of drug-likeness (QED) is 0.271. The van der Waals surface area contributed by atoms with E-state index in [2.05, 4.69) is 21.6 Å². The van der Waals surface area contributed by atoms with Gasteiger partial charge in [-0.25, -0.2) is 9.80 Å². The molecule has 12 heteroatoms. The van der Waals surface area contributed by atoms with E-state index in [4.69, 9.17) is 9.47 Å². The lowest BCUT2D eigenvalue weighted by Crippen LogP contribution is -2.65. The van der Waals surface area contributed by atoms with Gasteiger partial charge in [-0.1, -0.05) is 89.7 Å². The molecule has 208 valence electrons. The molecular weight excluding hydrogens is 548 g/mol. The number of ether oxygens (including phenoxy) is 2. The molecule has 0 spiro atoms. The van der Waals surface area contributed by atoms with Crippen molar-refractivity contribution in [2.24, 2.45) is 10.2 Å². The van der Waals surface area contributed by atoms with Crippen LogP contribution in [0.4, 0.5) is 0 Å². The molecule has 10 nitrogen and oxygen atoms in total. The third kappa shape index (κ3) is 5.62. The lowest BCUT2D eigenvalue weighted by Gasteiger charge is -2.49. The van der Waals surface area contributed by atoms with Crippen LogP contribution in [-0.4, -0.2) is 75.2 Å². The van der Waals surface area contributed by atoms with Gasteiger partial charge in [0.1, 0.15) is 11.1 Å². The predicted molar refractivity (Wildman–Crippen MR) is 157 cm³/mol. The van der Waals surface area contributed by atoms with Gasteiger partial charge in [-0.05, 0) is 29.2 Å². The number of carbonyl (C=O) groups is 2. The van der Waals surface area contributed by atoms with Gasteiger partial charge in [0.05, 0.1) is 0 Å². The van der Waals surface area contributed by atoms with E-state index in [1.165, 1.54) is 29.0 Å². The Bertz CT molecular complexity index is 1320. The van der Waals surface area contributed by atoms with Crippen molar-refractivity contribution in [2.75, 3.05) is 25.7 Å². The lowest BCUT2D eigenvalue weighted by atomic mass is 10.0. The fourth-order valence-corrected chi connectivity index (χ4v) is 6.85. The Balaban J connectivity index is 1.41. The number of esters is 1. The fourth-order valence-electron chi connectivity index (χ4n) is 4.44. The summed E-state index contributed by atoms with van der Waals surface area (Å²) < 4.78 is 11.6. The van der Waals surface area contributed by atoms with Crippen LogP contribution in [0.25, 0.3) is 0 Å². The van der Waals surface area contributed by atoms with Gasteiger partial charge in [-0.2, -0.15) is 5.53 Å². The van der Waals surface area contributed by atoms with Crippen LogP contribution in [0.2, 0.25) is 0 Å². The standard InChI is InChI=1S/C28H30N6O4S2/c1-4-5-16-29-34-31-30-28(32(34)2)40-18-21-17-39-26-24(37-3)25(35)33(26)22(21)27(36)38-23(19-12-8-6-9-13-19)20-14-10-7-11-15-20/h5-15,23-24,26,31H,4,17-18H2,1-3H3/t24-,26+/m1/s1. The van der Waals surface area contributed by atoms with Crippen LogP contribution < -0.4 is 5.53 Å². The van der Waals surface area contributed by atoms with Crippen molar-refractivity contribution < 1.29 is 19.1 Å². The van der Waals surface area contributed by atoms with E-state index < -0.39 is 18.2 Å². The molecular formula is C28H30N6O4S2. The first-order valence-corrected chi connectivity index (χ1v) is 14.8. The first-order chi connectivity index (χ1) is 19.5. The number of methoxy groups -OCH3 is 1. The van der Waals surface area contributed by atoms with Gasteiger partial charge >= 0.3 is 5.97 Å². The lowest BCUT2D eigenvalue weighted by molar-refractivity contribution is -0.164. The minimum absolute atomic E-state index is 0.245. The van der Waals surface area contributed by atoms with E-state index in [9.17, 15) is 9.59 Å². The highest BCUT2D eigenvalue weighted by Gasteiger charge is 2.54. The van der Waals surface area contributed by atoms with Crippen LogP contribution in [-0.2, 0) is 19.1 Å². The molecule has 2 aromatic carbocycles. The monoisotopic (exact) mass is 578 g/mol. The molecule has 0 unspecified atom stereocenters. The maximum absolute atomic E-state index is 13.9. The van der Waals surface area contributed by atoms with Crippen LogP contribution in [0.5, 0.6) is 0 Å². The Morgan fingerprint density at radius 3 is 2.52 bits per heavy atom. The number of benzene rings is 2. The average molecular weight is 579 g/mol. The van der Waals surface area contributed by atoms with E-state index in [1.54, 1.807) is 16.8 Å². The van der Waals surface area contributed by atoms with Crippen LogP contribution in [0, 0.1) is 0 Å². The summed E-state index contributed by atoms with van der Waals surface area (Å²) in [6.45, 7) is 2.00. The van der Waals surface area contributed by atoms with Crippen molar-refractivity contribution in [3.05, 3.63) is 89.1 Å². The zero-order chi connectivity index (χ0) is 28.1. The fraction of sp³-hybridized carbons (Fsp3) is 0.321. The summed E-state index contributed by atoms with van der Waals surface area (Å²) in [4.78, 5) is 28.5. The molecule has 0 bridgehead atoms. The number of hydrazone groups is 2. The number of carbonyl (C=O) groups excluding carboxylic acids is 2. The highest BCUT2D eigenvalue weighted by Crippen LogP contribution is 2.43. The Labute approximate surface area is 241 Å². The summed E-state index contributed by atoms with van der Waals surface area (Å²) in [5.41, 5.74) is 5.59. The molecule has 0 aromatic heterocycles. The number of fused-ring (bicyclic) bond motifs is 1.